The molecule has 0 spiro atoms. The second kappa shape index (κ2) is 8.37. The van der Waals surface area contributed by atoms with Crippen LogP contribution in [-0.2, 0) is 19.6 Å². The van der Waals surface area contributed by atoms with Crippen LogP contribution in [0.4, 0.5) is 4.39 Å². The lowest BCUT2D eigenvalue weighted by Gasteiger charge is -2.31. The third-order valence-corrected chi connectivity index (χ3v) is 6.33. The molecule has 3 heterocycles. The Morgan fingerprint density at radius 3 is 2.70 bits per heavy atom. The molecule has 2 bridgehead atoms. The third-order valence-electron chi connectivity index (χ3n) is 5.78. The highest BCUT2D eigenvalue weighted by atomic mass is 32.2. The van der Waals surface area contributed by atoms with Crippen molar-refractivity contribution in [3.63, 3.8) is 0 Å². The van der Waals surface area contributed by atoms with Gasteiger partial charge in [-0.15, -0.1) is 0 Å². The first kappa shape index (κ1) is 20.8. The number of hydrogen-bond donors (Lipinski definition) is 0. The Bertz CT molecular complexity index is 997. The van der Waals surface area contributed by atoms with Crippen molar-refractivity contribution < 1.29 is 27.1 Å². The number of halogens is 1. The Hall–Kier alpha value is -2.42. The minimum atomic E-state index is -3.62. The molecule has 7 nitrogen and oxygen atoms in total. The Kier molecular flexibility index (Phi) is 5.81. The first-order valence-electron chi connectivity index (χ1n) is 10.2. The van der Waals surface area contributed by atoms with Gasteiger partial charge in [0.2, 0.25) is 0 Å². The number of piperidine rings is 1. The smallest absolute Gasteiger partial charge is 0.265 e. The predicted molar refractivity (Wildman–Crippen MR) is 109 cm³/mol. The van der Waals surface area contributed by atoms with Crippen LogP contribution in [0.25, 0.3) is 0 Å². The SMILES string of the molecule is CS(=O)(=O)/N=C1CCCN2C(=O)COc3cccc(F)c3C3CCC(CC3)O\C=C\12. The largest absolute Gasteiger partial charge is 0.496 e. The number of carbonyl (C=O) groups excluding carboxylic acids is 1. The van der Waals surface area contributed by atoms with E-state index in [9.17, 15) is 17.6 Å². The van der Waals surface area contributed by atoms with Crippen LogP contribution in [0.15, 0.2) is 34.6 Å². The van der Waals surface area contributed by atoms with E-state index in [4.69, 9.17) is 9.47 Å². The highest BCUT2D eigenvalue weighted by Crippen LogP contribution is 2.40. The van der Waals surface area contributed by atoms with Crippen molar-refractivity contribution in [3.05, 3.63) is 41.5 Å². The molecule has 9 heteroatoms. The first-order valence-corrected chi connectivity index (χ1v) is 12.0. The number of ether oxygens (including phenoxy) is 2. The fourth-order valence-corrected chi connectivity index (χ4v) is 4.98. The summed E-state index contributed by atoms with van der Waals surface area (Å²) < 4.78 is 53.7. The zero-order valence-corrected chi connectivity index (χ0v) is 17.7. The standard InChI is InChI=1S/C21H25FN2O5S/c1-30(26,27)23-17-5-3-11-24-18(17)12-28-15-9-7-14(8-10-15)21-16(22)4-2-6-19(21)29-13-20(24)25/h2,4,6,12,14-15H,3,5,7-11,13H2,1H3/b18-12-,23-17+. The summed E-state index contributed by atoms with van der Waals surface area (Å²) in [6.07, 6.45) is 6.38. The van der Waals surface area contributed by atoms with E-state index in [0.717, 1.165) is 31.9 Å². The lowest BCUT2D eigenvalue weighted by atomic mass is 9.82. The predicted octanol–water partition coefficient (Wildman–Crippen LogP) is 3.13. The Labute approximate surface area is 175 Å². The first-order chi connectivity index (χ1) is 14.3. The molecule has 162 valence electrons. The fourth-order valence-electron chi connectivity index (χ4n) is 4.40. The van der Waals surface area contributed by atoms with Crippen LogP contribution in [0.2, 0.25) is 0 Å². The van der Waals surface area contributed by atoms with Crippen molar-refractivity contribution in [2.75, 3.05) is 19.4 Å². The maximum absolute atomic E-state index is 14.6. The number of amides is 1. The van der Waals surface area contributed by atoms with Crippen LogP contribution in [0.1, 0.15) is 50.0 Å². The van der Waals surface area contributed by atoms with Crippen LogP contribution < -0.4 is 4.74 Å². The number of hydrogen-bond acceptors (Lipinski definition) is 5. The number of benzene rings is 1. The van der Waals surface area contributed by atoms with Crippen molar-refractivity contribution in [2.45, 2.75) is 50.5 Å². The van der Waals surface area contributed by atoms with Crippen LogP contribution in [0, 0.1) is 5.82 Å². The number of carbonyl (C=O) groups is 1. The zero-order valence-electron chi connectivity index (χ0n) is 16.8. The summed E-state index contributed by atoms with van der Waals surface area (Å²) in [6.45, 7) is 0.125. The van der Waals surface area contributed by atoms with Gasteiger partial charge in [-0.2, -0.15) is 4.40 Å². The van der Waals surface area contributed by atoms with Crippen LogP contribution in [-0.4, -0.2) is 50.4 Å². The molecular weight excluding hydrogens is 411 g/mol. The van der Waals surface area contributed by atoms with Gasteiger partial charge >= 0.3 is 0 Å². The summed E-state index contributed by atoms with van der Waals surface area (Å²) in [6, 6.07) is 4.69. The quantitative estimate of drug-likeness (QED) is 0.675. The van der Waals surface area contributed by atoms with Gasteiger partial charge in [-0.3, -0.25) is 4.79 Å². The molecule has 0 radical (unpaired) electrons. The van der Waals surface area contributed by atoms with Crippen molar-refractivity contribution in [3.8, 4) is 5.75 Å². The van der Waals surface area contributed by atoms with E-state index in [-0.39, 0.29) is 30.4 Å². The number of allylic oxidation sites excluding steroid dienone is 1. The van der Waals surface area contributed by atoms with E-state index in [1.807, 2.05) is 0 Å². The lowest BCUT2D eigenvalue weighted by Crippen LogP contribution is -2.41. The number of rotatable bonds is 1. The second-order valence-corrected chi connectivity index (χ2v) is 9.62. The van der Waals surface area contributed by atoms with Gasteiger partial charge in [0.15, 0.2) is 6.61 Å². The van der Waals surface area contributed by atoms with Gasteiger partial charge in [0.1, 0.15) is 23.5 Å². The summed E-state index contributed by atoms with van der Waals surface area (Å²) in [4.78, 5) is 14.4. The minimum absolute atomic E-state index is 0.00880. The molecule has 3 aliphatic heterocycles. The van der Waals surface area contributed by atoms with Crippen LogP contribution >= 0.6 is 0 Å². The summed E-state index contributed by atoms with van der Waals surface area (Å²) in [5, 5.41) is 0. The van der Waals surface area contributed by atoms with Crippen LogP contribution in [0.5, 0.6) is 5.75 Å². The van der Waals surface area contributed by atoms with Gasteiger partial charge in [-0.05, 0) is 56.6 Å². The Morgan fingerprint density at radius 1 is 1.20 bits per heavy atom. The molecule has 1 saturated heterocycles. The normalized spacial score (nSPS) is 28.1. The molecule has 30 heavy (non-hydrogen) atoms. The molecule has 2 fully saturated rings. The number of nitrogens with zero attached hydrogens (tertiary/aromatic N) is 2. The lowest BCUT2D eigenvalue weighted by molar-refractivity contribution is -0.131. The third kappa shape index (κ3) is 4.50. The number of fused-ring (bicyclic) bond motifs is 5. The maximum atomic E-state index is 14.6. The summed E-state index contributed by atoms with van der Waals surface area (Å²) >= 11 is 0. The summed E-state index contributed by atoms with van der Waals surface area (Å²) in [5.74, 6) is -0.278. The van der Waals surface area contributed by atoms with Gasteiger partial charge < -0.3 is 14.4 Å². The van der Waals surface area contributed by atoms with Gasteiger partial charge in [-0.1, -0.05) is 6.07 Å². The maximum Gasteiger partial charge on any atom is 0.265 e. The van der Waals surface area contributed by atoms with Gasteiger partial charge in [-0.25, -0.2) is 12.8 Å². The van der Waals surface area contributed by atoms with Gasteiger partial charge in [0, 0.05) is 12.1 Å². The molecule has 1 amide bonds. The topological polar surface area (TPSA) is 85.3 Å². The average molecular weight is 437 g/mol. The Morgan fingerprint density at radius 2 is 1.97 bits per heavy atom. The molecule has 1 aliphatic carbocycles. The molecule has 0 N–H and O–H groups in total. The molecule has 1 saturated carbocycles. The number of sulfonamides is 1. The van der Waals surface area contributed by atoms with E-state index >= 15 is 0 Å². The highest BCUT2D eigenvalue weighted by Gasteiger charge is 2.32. The fraction of sp³-hybridized carbons (Fsp3) is 0.524. The molecule has 5 rings (SSSR count). The van der Waals surface area contributed by atoms with E-state index in [2.05, 4.69) is 4.40 Å². The summed E-state index contributed by atoms with van der Waals surface area (Å²) in [5.41, 5.74) is 1.20. The van der Waals surface area contributed by atoms with Gasteiger partial charge in [0.05, 0.1) is 18.1 Å². The molecule has 0 unspecified atom stereocenters. The van der Waals surface area contributed by atoms with Crippen molar-refractivity contribution in [2.24, 2.45) is 4.40 Å². The summed E-state index contributed by atoms with van der Waals surface area (Å²) in [7, 11) is -3.62. The van der Waals surface area contributed by atoms with Crippen LogP contribution in [0.3, 0.4) is 0 Å². The van der Waals surface area contributed by atoms with E-state index in [1.165, 1.54) is 17.2 Å². The van der Waals surface area contributed by atoms with E-state index in [0.29, 0.717) is 42.1 Å². The molecule has 1 aromatic carbocycles. The monoisotopic (exact) mass is 436 g/mol. The molecular formula is C21H25FN2O5S. The van der Waals surface area contributed by atoms with Gasteiger partial charge in [0.25, 0.3) is 15.9 Å². The van der Waals surface area contributed by atoms with Crippen molar-refractivity contribution in [1.82, 2.24) is 4.90 Å². The molecule has 0 aromatic heterocycles. The molecule has 1 aromatic rings. The average Bonchev–Trinajstić information content (AvgIpc) is 2.71. The van der Waals surface area contributed by atoms with Crippen molar-refractivity contribution >= 4 is 21.6 Å². The Balaban J connectivity index is 1.72. The van der Waals surface area contributed by atoms with E-state index < -0.39 is 10.0 Å². The molecule has 4 aliphatic rings. The zero-order chi connectivity index (χ0) is 21.3. The highest BCUT2D eigenvalue weighted by molar-refractivity contribution is 7.89. The molecule has 0 atom stereocenters. The second-order valence-electron chi connectivity index (χ2n) is 7.97. The van der Waals surface area contributed by atoms with E-state index in [1.54, 1.807) is 12.1 Å². The van der Waals surface area contributed by atoms with Crippen molar-refractivity contribution in [1.29, 1.82) is 0 Å². The minimum Gasteiger partial charge on any atom is -0.496 e.